The fourth-order valence-electron chi connectivity index (χ4n) is 2.81. The average molecular weight is 309 g/mol. The van der Waals surface area contributed by atoms with Crippen molar-refractivity contribution < 1.29 is 14.7 Å². The average Bonchev–Trinajstić information content (AvgIpc) is 2.98. The van der Waals surface area contributed by atoms with Gasteiger partial charge in [0.2, 0.25) is 5.91 Å². The van der Waals surface area contributed by atoms with Gasteiger partial charge in [-0.05, 0) is 61.4 Å². The minimum atomic E-state index is -0.778. The van der Waals surface area contributed by atoms with E-state index in [1.54, 1.807) is 25.2 Å². The Kier molecular flexibility index (Phi) is 5.04. The van der Waals surface area contributed by atoms with E-state index in [9.17, 15) is 14.7 Å². The molecular formula is C16H23NO3S. The van der Waals surface area contributed by atoms with Crippen molar-refractivity contribution in [1.29, 1.82) is 0 Å². The van der Waals surface area contributed by atoms with Gasteiger partial charge in [0, 0.05) is 19.5 Å². The standard InChI is InChI=1S/C16H23NO3S/c1-16(2,15(19)20)13-4-3-8-17(10-13)14(18)6-5-12-7-9-21-11-12/h7,9,11,13H,3-6,8,10H2,1-2H3,(H,19,20)/t13-/m1/s1. The van der Waals surface area contributed by atoms with E-state index in [0.29, 0.717) is 13.0 Å². The zero-order valence-corrected chi connectivity index (χ0v) is 13.5. The summed E-state index contributed by atoms with van der Waals surface area (Å²) in [7, 11) is 0. The van der Waals surface area contributed by atoms with E-state index in [1.165, 1.54) is 5.56 Å². The van der Waals surface area contributed by atoms with Gasteiger partial charge in [-0.1, -0.05) is 0 Å². The van der Waals surface area contributed by atoms with E-state index in [0.717, 1.165) is 25.8 Å². The monoisotopic (exact) mass is 309 g/mol. The van der Waals surface area contributed by atoms with Gasteiger partial charge in [-0.25, -0.2) is 0 Å². The molecule has 0 radical (unpaired) electrons. The molecule has 1 N–H and O–H groups in total. The van der Waals surface area contributed by atoms with Crippen molar-refractivity contribution in [3.63, 3.8) is 0 Å². The number of hydrogen-bond acceptors (Lipinski definition) is 3. The third-order valence-corrected chi connectivity index (χ3v) is 5.29. The van der Waals surface area contributed by atoms with E-state index < -0.39 is 11.4 Å². The molecule has 1 fully saturated rings. The lowest BCUT2D eigenvalue weighted by molar-refractivity contribution is -0.153. The maximum Gasteiger partial charge on any atom is 0.309 e. The van der Waals surface area contributed by atoms with Crippen LogP contribution in [0.15, 0.2) is 16.8 Å². The molecular weight excluding hydrogens is 286 g/mol. The summed E-state index contributed by atoms with van der Waals surface area (Å²) in [5.41, 5.74) is 0.430. The van der Waals surface area contributed by atoms with E-state index in [4.69, 9.17) is 0 Å². The van der Waals surface area contributed by atoms with Gasteiger partial charge in [0.15, 0.2) is 0 Å². The Labute approximate surface area is 129 Å². The van der Waals surface area contributed by atoms with Gasteiger partial charge in [0.1, 0.15) is 0 Å². The van der Waals surface area contributed by atoms with E-state index in [1.807, 2.05) is 16.3 Å². The van der Waals surface area contributed by atoms with Crippen LogP contribution in [0.1, 0.15) is 38.7 Å². The van der Waals surface area contributed by atoms with Crippen molar-refractivity contribution in [2.24, 2.45) is 11.3 Å². The van der Waals surface area contributed by atoms with E-state index in [-0.39, 0.29) is 11.8 Å². The molecule has 1 aromatic heterocycles. The molecule has 5 heteroatoms. The number of carboxylic acids is 1. The van der Waals surface area contributed by atoms with Crippen LogP contribution in [0, 0.1) is 11.3 Å². The number of aryl methyl sites for hydroxylation is 1. The van der Waals surface area contributed by atoms with E-state index >= 15 is 0 Å². The number of carbonyl (C=O) groups is 2. The summed E-state index contributed by atoms with van der Waals surface area (Å²) in [5.74, 6) is -0.596. The van der Waals surface area contributed by atoms with Crippen LogP contribution in [0.2, 0.25) is 0 Å². The van der Waals surface area contributed by atoms with Gasteiger partial charge in [-0.2, -0.15) is 11.3 Å². The molecule has 1 saturated heterocycles. The summed E-state index contributed by atoms with van der Waals surface area (Å²) in [6, 6.07) is 2.05. The highest BCUT2D eigenvalue weighted by Gasteiger charge is 2.39. The van der Waals surface area contributed by atoms with Gasteiger partial charge >= 0.3 is 5.97 Å². The first-order valence-corrected chi connectivity index (χ1v) is 8.38. The number of carbonyl (C=O) groups excluding carboxylic acids is 1. The number of amides is 1. The number of aliphatic carboxylic acids is 1. The predicted molar refractivity (Wildman–Crippen MR) is 83.4 cm³/mol. The normalized spacial score (nSPS) is 19.5. The molecule has 4 nitrogen and oxygen atoms in total. The third kappa shape index (κ3) is 3.84. The van der Waals surface area contributed by atoms with Gasteiger partial charge in [-0.3, -0.25) is 9.59 Å². The SMILES string of the molecule is CC(C)(C(=O)O)[C@@H]1CCCN(C(=O)CCc2ccsc2)C1. The summed E-state index contributed by atoms with van der Waals surface area (Å²) in [4.78, 5) is 25.5. The lowest BCUT2D eigenvalue weighted by Crippen LogP contribution is -2.46. The molecule has 116 valence electrons. The molecule has 0 spiro atoms. The first-order chi connectivity index (χ1) is 9.91. The highest BCUT2D eigenvalue weighted by molar-refractivity contribution is 7.07. The van der Waals surface area contributed by atoms with Crippen LogP contribution in [0.5, 0.6) is 0 Å². The Bertz CT molecular complexity index is 496. The largest absolute Gasteiger partial charge is 0.481 e. The van der Waals surface area contributed by atoms with Crippen molar-refractivity contribution in [2.45, 2.75) is 39.5 Å². The maximum absolute atomic E-state index is 12.3. The predicted octanol–water partition coefficient (Wildman–Crippen LogP) is 3.03. The fraction of sp³-hybridized carbons (Fsp3) is 0.625. The van der Waals surface area contributed by atoms with Gasteiger partial charge in [0.05, 0.1) is 5.41 Å². The van der Waals surface area contributed by atoms with Crippen molar-refractivity contribution >= 4 is 23.2 Å². The van der Waals surface area contributed by atoms with Crippen LogP contribution >= 0.6 is 11.3 Å². The van der Waals surface area contributed by atoms with Crippen LogP contribution < -0.4 is 0 Å². The summed E-state index contributed by atoms with van der Waals surface area (Å²) in [6.07, 6.45) is 3.06. The van der Waals surface area contributed by atoms with Gasteiger partial charge in [-0.15, -0.1) is 0 Å². The Morgan fingerprint density at radius 1 is 1.48 bits per heavy atom. The molecule has 0 aromatic carbocycles. The molecule has 2 heterocycles. The number of likely N-dealkylation sites (tertiary alicyclic amines) is 1. The second-order valence-electron chi connectivity index (χ2n) is 6.34. The van der Waals surface area contributed by atoms with Crippen LogP contribution in [0.4, 0.5) is 0 Å². The molecule has 0 bridgehead atoms. The van der Waals surface area contributed by atoms with Gasteiger partial charge in [0.25, 0.3) is 0 Å². The number of rotatable bonds is 5. The van der Waals surface area contributed by atoms with Gasteiger partial charge < -0.3 is 10.0 Å². The number of hydrogen-bond donors (Lipinski definition) is 1. The Morgan fingerprint density at radius 2 is 2.24 bits per heavy atom. The zero-order valence-electron chi connectivity index (χ0n) is 12.7. The molecule has 1 amide bonds. The molecule has 0 saturated carbocycles. The minimum absolute atomic E-state index is 0.0360. The lowest BCUT2D eigenvalue weighted by atomic mass is 9.74. The van der Waals surface area contributed by atoms with Crippen LogP contribution in [-0.2, 0) is 16.0 Å². The fourth-order valence-corrected chi connectivity index (χ4v) is 3.51. The number of thiophene rings is 1. The summed E-state index contributed by atoms with van der Waals surface area (Å²) in [6.45, 7) is 4.86. The Balaban J connectivity index is 1.91. The van der Waals surface area contributed by atoms with Crippen molar-refractivity contribution in [2.75, 3.05) is 13.1 Å². The Morgan fingerprint density at radius 3 is 2.86 bits per heavy atom. The molecule has 0 aliphatic carbocycles. The second kappa shape index (κ2) is 6.60. The van der Waals surface area contributed by atoms with Crippen LogP contribution in [0.3, 0.4) is 0 Å². The number of carboxylic acid groups (broad SMARTS) is 1. The third-order valence-electron chi connectivity index (χ3n) is 4.55. The topological polar surface area (TPSA) is 57.6 Å². The summed E-state index contributed by atoms with van der Waals surface area (Å²) < 4.78 is 0. The molecule has 1 aromatic rings. The number of piperidine rings is 1. The summed E-state index contributed by atoms with van der Waals surface area (Å²) in [5, 5.41) is 13.4. The molecule has 1 atom stereocenters. The molecule has 2 rings (SSSR count). The highest BCUT2D eigenvalue weighted by Crippen LogP contribution is 2.34. The van der Waals surface area contributed by atoms with Crippen LogP contribution in [-0.4, -0.2) is 35.0 Å². The molecule has 1 aliphatic heterocycles. The number of nitrogens with zero attached hydrogens (tertiary/aromatic N) is 1. The quantitative estimate of drug-likeness (QED) is 0.909. The Hall–Kier alpha value is -1.36. The summed E-state index contributed by atoms with van der Waals surface area (Å²) >= 11 is 1.64. The second-order valence-corrected chi connectivity index (χ2v) is 7.12. The maximum atomic E-state index is 12.3. The first-order valence-electron chi connectivity index (χ1n) is 7.43. The molecule has 21 heavy (non-hydrogen) atoms. The van der Waals surface area contributed by atoms with E-state index in [2.05, 4.69) is 5.38 Å². The minimum Gasteiger partial charge on any atom is -0.481 e. The zero-order chi connectivity index (χ0) is 15.5. The van der Waals surface area contributed by atoms with Crippen molar-refractivity contribution in [3.05, 3.63) is 22.4 Å². The molecule has 1 aliphatic rings. The highest BCUT2D eigenvalue weighted by atomic mass is 32.1. The van der Waals surface area contributed by atoms with Crippen LogP contribution in [0.25, 0.3) is 0 Å². The van der Waals surface area contributed by atoms with Crippen molar-refractivity contribution in [3.8, 4) is 0 Å². The smallest absolute Gasteiger partial charge is 0.309 e. The first kappa shape index (κ1) is 16.0. The molecule has 0 unspecified atom stereocenters. The lowest BCUT2D eigenvalue weighted by Gasteiger charge is -2.39. The van der Waals surface area contributed by atoms with Crippen molar-refractivity contribution in [1.82, 2.24) is 4.90 Å².